The third kappa shape index (κ3) is 3.38. The standard InChI is InChI=1S/C17H12ClNO4/c18-13-7-11(9-19)1-3-15(13)23-10-14(20)12-2-4-16-17(8-12)22-6-5-21-16/h1-4,7-8H,5-6,10H2. The van der Waals surface area contributed by atoms with E-state index in [9.17, 15) is 4.79 Å². The minimum atomic E-state index is -0.206. The van der Waals surface area contributed by atoms with Gasteiger partial charge >= 0.3 is 0 Å². The van der Waals surface area contributed by atoms with E-state index in [0.717, 1.165) is 0 Å². The van der Waals surface area contributed by atoms with E-state index in [1.54, 1.807) is 30.3 Å². The van der Waals surface area contributed by atoms with Crippen molar-refractivity contribution in [3.63, 3.8) is 0 Å². The number of rotatable bonds is 4. The first-order chi connectivity index (χ1) is 11.2. The third-order valence-electron chi connectivity index (χ3n) is 3.28. The van der Waals surface area contributed by atoms with Crippen LogP contribution >= 0.6 is 11.6 Å². The Kier molecular flexibility index (Phi) is 4.35. The summed E-state index contributed by atoms with van der Waals surface area (Å²) in [5.74, 6) is 1.33. The lowest BCUT2D eigenvalue weighted by molar-refractivity contribution is 0.0920. The number of carbonyl (C=O) groups excluding carboxylic acids is 1. The predicted octanol–water partition coefficient (Wildman–Crippen LogP) is 3.24. The molecule has 0 spiro atoms. The molecule has 0 saturated heterocycles. The van der Waals surface area contributed by atoms with Crippen molar-refractivity contribution in [2.75, 3.05) is 19.8 Å². The van der Waals surface area contributed by atoms with Gasteiger partial charge in [0.05, 0.1) is 16.7 Å². The summed E-state index contributed by atoms with van der Waals surface area (Å²) in [5.41, 5.74) is 0.902. The van der Waals surface area contributed by atoms with Crippen LogP contribution in [0, 0.1) is 11.3 Å². The highest BCUT2D eigenvalue weighted by molar-refractivity contribution is 6.32. The summed E-state index contributed by atoms with van der Waals surface area (Å²) >= 11 is 6.01. The molecule has 0 atom stereocenters. The van der Waals surface area contributed by atoms with Gasteiger partial charge in [0.2, 0.25) is 0 Å². The molecule has 0 amide bonds. The molecule has 0 aliphatic carbocycles. The smallest absolute Gasteiger partial charge is 0.200 e. The lowest BCUT2D eigenvalue weighted by atomic mass is 10.1. The van der Waals surface area contributed by atoms with Crippen molar-refractivity contribution in [3.8, 4) is 23.3 Å². The van der Waals surface area contributed by atoms with Crippen LogP contribution in [0.5, 0.6) is 17.2 Å². The topological polar surface area (TPSA) is 68.5 Å². The van der Waals surface area contributed by atoms with E-state index in [0.29, 0.717) is 46.6 Å². The molecular formula is C17H12ClNO4. The van der Waals surface area contributed by atoms with Gasteiger partial charge in [-0.3, -0.25) is 4.79 Å². The number of halogens is 1. The summed E-state index contributed by atoms with van der Waals surface area (Å²) in [4.78, 5) is 12.2. The molecule has 6 heteroatoms. The molecule has 0 unspecified atom stereocenters. The van der Waals surface area contributed by atoms with E-state index in [4.69, 9.17) is 31.1 Å². The maximum atomic E-state index is 12.2. The van der Waals surface area contributed by atoms with Gasteiger partial charge in [-0.2, -0.15) is 5.26 Å². The molecule has 0 bridgehead atoms. The van der Waals surface area contributed by atoms with E-state index in [1.165, 1.54) is 6.07 Å². The van der Waals surface area contributed by atoms with Crippen molar-refractivity contribution in [1.29, 1.82) is 5.26 Å². The normalized spacial score (nSPS) is 12.3. The van der Waals surface area contributed by atoms with Crippen LogP contribution in [0.4, 0.5) is 0 Å². The first-order valence-electron chi connectivity index (χ1n) is 6.92. The molecule has 0 aromatic heterocycles. The van der Waals surface area contributed by atoms with Gasteiger partial charge in [-0.05, 0) is 36.4 Å². The molecule has 5 nitrogen and oxygen atoms in total. The van der Waals surface area contributed by atoms with Crippen LogP contribution in [0.25, 0.3) is 0 Å². The minimum absolute atomic E-state index is 0.161. The monoisotopic (exact) mass is 329 g/mol. The molecule has 0 saturated carbocycles. The first kappa shape index (κ1) is 15.2. The zero-order chi connectivity index (χ0) is 16.2. The average Bonchev–Trinajstić information content (AvgIpc) is 2.59. The van der Waals surface area contributed by atoms with Crippen molar-refractivity contribution in [1.82, 2.24) is 0 Å². The van der Waals surface area contributed by atoms with E-state index in [-0.39, 0.29) is 12.4 Å². The van der Waals surface area contributed by atoms with E-state index < -0.39 is 0 Å². The second-order valence-electron chi connectivity index (χ2n) is 4.83. The van der Waals surface area contributed by atoms with Gasteiger partial charge in [0.15, 0.2) is 23.9 Å². The van der Waals surface area contributed by atoms with Crippen LogP contribution in [0.1, 0.15) is 15.9 Å². The van der Waals surface area contributed by atoms with Crippen molar-refractivity contribution in [3.05, 3.63) is 52.5 Å². The fraction of sp³-hybridized carbons (Fsp3) is 0.176. The molecule has 0 fully saturated rings. The molecule has 3 rings (SSSR count). The van der Waals surface area contributed by atoms with Gasteiger partial charge in [-0.15, -0.1) is 0 Å². The number of nitriles is 1. The highest BCUT2D eigenvalue weighted by Crippen LogP contribution is 2.31. The quantitative estimate of drug-likeness (QED) is 0.805. The zero-order valence-electron chi connectivity index (χ0n) is 12.0. The molecular weight excluding hydrogens is 318 g/mol. The van der Waals surface area contributed by atoms with Gasteiger partial charge in [-0.25, -0.2) is 0 Å². The Labute approximate surface area is 138 Å². The number of ether oxygens (including phenoxy) is 3. The molecule has 2 aromatic carbocycles. The van der Waals surface area contributed by atoms with Crippen LogP contribution < -0.4 is 14.2 Å². The fourth-order valence-electron chi connectivity index (χ4n) is 2.13. The summed E-state index contributed by atoms with van der Waals surface area (Å²) in [6.45, 7) is 0.799. The number of hydrogen-bond acceptors (Lipinski definition) is 5. The second kappa shape index (κ2) is 6.59. The van der Waals surface area contributed by atoms with E-state index in [1.807, 2.05) is 6.07 Å². The average molecular weight is 330 g/mol. The Bertz CT molecular complexity index is 798. The summed E-state index contributed by atoms with van der Waals surface area (Å²) in [6, 6.07) is 11.6. The molecule has 23 heavy (non-hydrogen) atoms. The minimum Gasteiger partial charge on any atom is -0.486 e. The van der Waals surface area contributed by atoms with Crippen LogP contribution in [-0.4, -0.2) is 25.6 Å². The van der Waals surface area contributed by atoms with Crippen LogP contribution in [0.15, 0.2) is 36.4 Å². The molecule has 0 radical (unpaired) electrons. The van der Waals surface area contributed by atoms with Crippen LogP contribution in [-0.2, 0) is 0 Å². The van der Waals surface area contributed by atoms with Crippen LogP contribution in [0.2, 0.25) is 5.02 Å². The second-order valence-corrected chi connectivity index (χ2v) is 5.23. The number of carbonyl (C=O) groups is 1. The molecule has 1 aliphatic rings. The number of benzene rings is 2. The van der Waals surface area contributed by atoms with E-state index in [2.05, 4.69) is 0 Å². The largest absolute Gasteiger partial charge is 0.486 e. The number of fused-ring (bicyclic) bond motifs is 1. The SMILES string of the molecule is N#Cc1ccc(OCC(=O)c2ccc3c(c2)OCCO3)c(Cl)c1. The number of ketones is 1. The lowest BCUT2D eigenvalue weighted by Gasteiger charge is -2.18. The van der Waals surface area contributed by atoms with Crippen molar-refractivity contribution in [2.24, 2.45) is 0 Å². The van der Waals surface area contributed by atoms with Gasteiger partial charge in [-0.1, -0.05) is 11.6 Å². The fourth-order valence-corrected chi connectivity index (χ4v) is 2.37. The highest BCUT2D eigenvalue weighted by atomic mass is 35.5. The number of Topliss-reactive ketones (excluding diaryl/α,β-unsaturated/α-hetero) is 1. The Balaban J connectivity index is 1.69. The van der Waals surface area contributed by atoms with Gasteiger partial charge in [0.1, 0.15) is 19.0 Å². The predicted molar refractivity (Wildman–Crippen MR) is 83.4 cm³/mol. The van der Waals surface area contributed by atoms with E-state index >= 15 is 0 Å². The van der Waals surface area contributed by atoms with Gasteiger partial charge in [0.25, 0.3) is 0 Å². The Morgan fingerprint density at radius 2 is 1.96 bits per heavy atom. The van der Waals surface area contributed by atoms with Gasteiger partial charge in [0, 0.05) is 5.56 Å². The lowest BCUT2D eigenvalue weighted by Crippen LogP contribution is -2.17. The van der Waals surface area contributed by atoms with Crippen molar-refractivity contribution in [2.45, 2.75) is 0 Å². The summed E-state index contributed by atoms with van der Waals surface area (Å²) < 4.78 is 16.3. The number of hydrogen-bond donors (Lipinski definition) is 0. The Morgan fingerprint density at radius 3 is 2.70 bits per heavy atom. The van der Waals surface area contributed by atoms with Crippen molar-refractivity contribution >= 4 is 17.4 Å². The summed E-state index contributed by atoms with van der Waals surface area (Å²) in [5, 5.41) is 9.08. The Morgan fingerprint density at radius 1 is 1.17 bits per heavy atom. The summed E-state index contributed by atoms with van der Waals surface area (Å²) in [6.07, 6.45) is 0. The highest BCUT2D eigenvalue weighted by Gasteiger charge is 2.15. The molecule has 1 aliphatic heterocycles. The zero-order valence-corrected chi connectivity index (χ0v) is 12.8. The Hall–Kier alpha value is -2.71. The molecule has 0 N–H and O–H groups in total. The maximum Gasteiger partial charge on any atom is 0.200 e. The van der Waals surface area contributed by atoms with Crippen LogP contribution in [0.3, 0.4) is 0 Å². The van der Waals surface area contributed by atoms with Gasteiger partial charge < -0.3 is 14.2 Å². The number of nitrogens with zero attached hydrogens (tertiary/aromatic N) is 1. The first-order valence-corrected chi connectivity index (χ1v) is 7.30. The molecule has 2 aromatic rings. The summed E-state index contributed by atoms with van der Waals surface area (Å²) in [7, 11) is 0. The molecule has 116 valence electrons. The maximum absolute atomic E-state index is 12.2. The third-order valence-corrected chi connectivity index (χ3v) is 3.58. The van der Waals surface area contributed by atoms with Crippen molar-refractivity contribution < 1.29 is 19.0 Å². The molecule has 1 heterocycles.